The average molecular weight is 271 g/mol. The molecule has 0 aromatic carbocycles. The topological polar surface area (TPSA) is 61.9 Å². The molecular weight excluding hydrogens is 256 g/mol. The van der Waals surface area contributed by atoms with Crippen LogP contribution >= 0.6 is 11.6 Å². The Labute approximate surface area is 109 Å². The minimum absolute atomic E-state index is 0.232. The number of aromatic nitrogens is 4. The highest BCUT2D eigenvalue weighted by Gasteiger charge is 2.24. The predicted molar refractivity (Wildman–Crippen MR) is 67.5 cm³/mol. The van der Waals surface area contributed by atoms with Crippen molar-refractivity contribution in [3.05, 3.63) is 11.5 Å². The molecule has 0 bridgehead atoms. The van der Waals surface area contributed by atoms with E-state index in [0.717, 1.165) is 16.9 Å². The van der Waals surface area contributed by atoms with Crippen LogP contribution in [0.25, 0.3) is 11.2 Å². The molecule has 0 aliphatic heterocycles. The number of ether oxygens (including phenoxy) is 1. The van der Waals surface area contributed by atoms with Crippen LogP contribution in [0.3, 0.4) is 0 Å². The molecular formula is C11H15ClN4O2. The van der Waals surface area contributed by atoms with Crippen LogP contribution in [-0.2, 0) is 22.5 Å². The van der Waals surface area contributed by atoms with E-state index in [0.29, 0.717) is 5.82 Å². The highest BCUT2D eigenvalue weighted by molar-refractivity contribution is 6.16. The van der Waals surface area contributed by atoms with E-state index in [-0.39, 0.29) is 11.8 Å². The van der Waals surface area contributed by atoms with Gasteiger partial charge in [-0.25, -0.2) is 9.78 Å². The molecule has 0 amide bonds. The lowest BCUT2D eigenvalue weighted by Crippen LogP contribution is -2.20. The number of hydrogen-bond donors (Lipinski definition) is 0. The second kappa shape index (κ2) is 4.61. The third-order valence-electron chi connectivity index (χ3n) is 2.96. The number of carbonyl (C=O) groups excluding carboxylic acids is 1. The summed E-state index contributed by atoms with van der Waals surface area (Å²) >= 11 is 5.89. The molecule has 0 radical (unpaired) electrons. The van der Waals surface area contributed by atoms with Crippen molar-refractivity contribution >= 4 is 28.7 Å². The maximum Gasteiger partial charge on any atom is 0.328 e. The van der Waals surface area contributed by atoms with Gasteiger partial charge in [-0.2, -0.15) is 5.10 Å². The number of aryl methyl sites for hydroxylation is 2. The van der Waals surface area contributed by atoms with E-state index < -0.39 is 6.04 Å². The van der Waals surface area contributed by atoms with E-state index in [2.05, 4.69) is 10.1 Å². The molecule has 1 atom stereocenters. The largest absolute Gasteiger partial charge is 0.467 e. The maximum atomic E-state index is 11.7. The summed E-state index contributed by atoms with van der Waals surface area (Å²) in [7, 11) is 3.18. The summed E-state index contributed by atoms with van der Waals surface area (Å²) in [6.07, 6.45) is 0. The van der Waals surface area contributed by atoms with Crippen LogP contribution in [0.5, 0.6) is 0 Å². The van der Waals surface area contributed by atoms with Gasteiger partial charge < -0.3 is 4.74 Å². The summed E-state index contributed by atoms with van der Waals surface area (Å²) in [6, 6.07) is -0.483. The Morgan fingerprint density at radius 2 is 2.22 bits per heavy atom. The van der Waals surface area contributed by atoms with Crippen LogP contribution < -0.4 is 0 Å². The smallest absolute Gasteiger partial charge is 0.328 e. The monoisotopic (exact) mass is 270 g/mol. The fourth-order valence-electron chi connectivity index (χ4n) is 2.12. The van der Waals surface area contributed by atoms with E-state index in [9.17, 15) is 4.79 Å². The zero-order valence-electron chi connectivity index (χ0n) is 10.8. The normalized spacial score (nSPS) is 12.9. The summed E-state index contributed by atoms with van der Waals surface area (Å²) in [5.41, 5.74) is 2.36. The summed E-state index contributed by atoms with van der Waals surface area (Å²) < 4.78 is 8.24. The van der Waals surface area contributed by atoms with Crippen LogP contribution in [0.1, 0.15) is 24.5 Å². The molecule has 98 valence electrons. The number of carbonyl (C=O) groups is 1. The SMILES string of the molecule is COC(=O)C(C)n1c(CCl)nc2c(C)nn(C)c21. The van der Waals surface area contributed by atoms with Gasteiger partial charge in [0.2, 0.25) is 0 Å². The number of rotatable bonds is 3. The molecule has 2 aromatic rings. The second-order valence-electron chi connectivity index (χ2n) is 4.11. The van der Waals surface area contributed by atoms with Crippen LogP contribution in [0.4, 0.5) is 0 Å². The van der Waals surface area contributed by atoms with Crippen LogP contribution in [-0.4, -0.2) is 32.4 Å². The Hall–Kier alpha value is -1.56. The number of fused-ring (bicyclic) bond motifs is 1. The third kappa shape index (κ3) is 1.77. The lowest BCUT2D eigenvalue weighted by atomic mass is 10.3. The van der Waals surface area contributed by atoms with E-state index in [1.807, 2.05) is 14.0 Å². The van der Waals surface area contributed by atoms with Crippen molar-refractivity contribution < 1.29 is 9.53 Å². The first-order valence-corrected chi connectivity index (χ1v) is 6.08. The molecule has 6 nitrogen and oxygen atoms in total. The Kier molecular flexibility index (Phi) is 3.30. The molecule has 2 heterocycles. The quantitative estimate of drug-likeness (QED) is 0.627. The average Bonchev–Trinajstić information content (AvgIpc) is 2.86. The molecule has 0 N–H and O–H groups in total. The molecule has 0 fully saturated rings. The Balaban J connectivity index is 2.70. The molecule has 18 heavy (non-hydrogen) atoms. The summed E-state index contributed by atoms with van der Waals surface area (Å²) in [5, 5.41) is 4.29. The Bertz CT molecular complexity index is 602. The van der Waals surface area contributed by atoms with Gasteiger partial charge in [-0.1, -0.05) is 0 Å². The van der Waals surface area contributed by atoms with Gasteiger partial charge in [0.15, 0.2) is 5.65 Å². The molecule has 0 saturated heterocycles. The van der Waals surface area contributed by atoms with Gasteiger partial charge in [0, 0.05) is 7.05 Å². The van der Waals surface area contributed by atoms with Gasteiger partial charge in [0.25, 0.3) is 0 Å². The first-order chi connectivity index (χ1) is 8.51. The fourth-order valence-corrected chi connectivity index (χ4v) is 2.31. The summed E-state index contributed by atoms with van der Waals surface area (Å²) in [4.78, 5) is 16.1. The van der Waals surface area contributed by atoms with E-state index in [1.54, 1.807) is 16.2 Å². The van der Waals surface area contributed by atoms with E-state index in [1.165, 1.54) is 7.11 Å². The van der Waals surface area contributed by atoms with Gasteiger partial charge in [0.05, 0.1) is 18.7 Å². The molecule has 2 rings (SSSR count). The van der Waals surface area contributed by atoms with Crippen LogP contribution in [0.2, 0.25) is 0 Å². The van der Waals surface area contributed by atoms with Gasteiger partial charge in [0.1, 0.15) is 17.4 Å². The van der Waals surface area contributed by atoms with Crippen LogP contribution in [0.15, 0.2) is 0 Å². The number of nitrogens with zero attached hydrogens (tertiary/aromatic N) is 4. The first kappa shape index (κ1) is 12.9. The zero-order chi connectivity index (χ0) is 13.4. The number of halogens is 1. The number of imidazole rings is 1. The van der Waals surface area contributed by atoms with Gasteiger partial charge in [-0.3, -0.25) is 9.25 Å². The molecule has 0 saturated carbocycles. The Morgan fingerprint density at radius 3 is 2.78 bits per heavy atom. The van der Waals surface area contributed by atoms with Crippen molar-refractivity contribution in [1.29, 1.82) is 0 Å². The highest BCUT2D eigenvalue weighted by Crippen LogP contribution is 2.24. The van der Waals surface area contributed by atoms with E-state index in [4.69, 9.17) is 16.3 Å². The molecule has 0 aliphatic carbocycles. The van der Waals surface area contributed by atoms with Crippen molar-refractivity contribution in [3.63, 3.8) is 0 Å². The van der Waals surface area contributed by atoms with Crippen molar-refractivity contribution in [2.24, 2.45) is 7.05 Å². The van der Waals surface area contributed by atoms with Crippen molar-refractivity contribution in [2.75, 3.05) is 7.11 Å². The van der Waals surface area contributed by atoms with Crippen LogP contribution in [0, 0.1) is 6.92 Å². The van der Waals surface area contributed by atoms with Crippen molar-refractivity contribution in [3.8, 4) is 0 Å². The minimum atomic E-state index is -0.483. The van der Waals surface area contributed by atoms with Gasteiger partial charge >= 0.3 is 5.97 Å². The maximum absolute atomic E-state index is 11.7. The number of hydrogen-bond acceptors (Lipinski definition) is 4. The van der Waals surface area contributed by atoms with Crippen molar-refractivity contribution in [1.82, 2.24) is 19.3 Å². The van der Waals surface area contributed by atoms with Crippen molar-refractivity contribution in [2.45, 2.75) is 25.8 Å². The zero-order valence-corrected chi connectivity index (χ0v) is 11.5. The van der Waals surface area contributed by atoms with Gasteiger partial charge in [-0.15, -0.1) is 11.6 Å². The molecule has 2 aromatic heterocycles. The Morgan fingerprint density at radius 1 is 1.56 bits per heavy atom. The summed E-state index contributed by atoms with van der Waals surface area (Å²) in [6.45, 7) is 3.63. The number of methoxy groups -OCH3 is 1. The van der Waals surface area contributed by atoms with E-state index >= 15 is 0 Å². The first-order valence-electron chi connectivity index (χ1n) is 5.55. The second-order valence-corrected chi connectivity index (χ2v) is 4.38. The molecule has 0 aliphatic rings. The summed E-state index contributed by atoms with van der Waals surface area (Å²) in [5.74, 6) is 0.537. The minimum Gasteiger partial charge on any atom is -0.467 e. The molecule has 0 spiro atoms. The number of alkyl halides is 1. The third-order valence-corrected chi connectivity index (χ3v) is 3.20. The predicted octanol–water partition coefficient (Wildman–Crippen LogP) is 1.55. The van der Waals surface area contributed by atoms with Gasteiger partial charge in [-0.05, 0) is 13.8 Å². The standard InChI is InChI=1S/C11H15ClN4O2/c1-6-9-10(15(3)14-6)16(8(5-12)13-9)7(2)11(17)18-4/h7H,5H2,1-4H3. The highest BCUT2D eigenvalue weighted by atomic mass is 35.5. The number of esters is 1. The lowest BCUT2D eigenvalue weighted by Gasteiger charge is -2.14. The fraction of sp³-hybridized carbons (Fsp3) is 0.545. The molecule has 1 unspecified atom stereocenters. The lowest BCUT2D eigenvalue weighted by molar-refractivity contribution is -0.144. The molecule has 7 heteroatoms.